The van der Waals surface area contributed by atoms with E-state index in [9.17, 15) is 0 Å². The maximum absolute atomic E-state index is 9.14. The second-order valence-corrected chi connectivity index (χ2v) is 6.80. The van der Waals surface area contributed by atoms with Gasteiger partial charge in [-0.1, -0.05) is 54.6 Å². The molecule has 2 aromatic rings. The molecule has 0 saturated carbocycles. The molecule has 2 aromatic heterocycles. The predicted octanol–water partition coefficient (Wildman–Crippen LogP) is 4.63. The SMILES string of the molecule is C=Nc1c(N)nc(NCc2ccncc2)nc1N(CBr)CC(/C=C\C(=C)CO)=C/C.CC. The van der Waals surface area contributed by atoms with Gasteiger partial charge >= 0.3 is 0 Å². The zero-order valence-corrected chi connectivity index (χ0v) is 20.5. The van der Waals surface area contributed by atoms with Crippen molar-refractivity contribution in [3.63, 3.8) is 0 Å². The van der Waals surface area contributed by atoms with Crippen LogP contribution in [0.5, 0.6) is 0 Å². The lowest BCUT2D eigenvalue weighted by Crippen LogP contribution is -2.25. The number of rotatable bonds is 11. The zero-order chi connectivity index (χ0) is 23.9. The van der Waals surface area contributed by atoms with Gasteiger partial charge in [0.05, 0.1) is 12.1 Å². The summed E-state index contributed by atoms with van der Waals surface area (Å²) in [5.41, 5.74) is 9.71. The van der Waals surface area contributed by atoms with Crippen molar-refractivity contribution in [3.8, 4) is 0 Å². The Hall–Kier alpha value is -3.04. The van der Waals surface area contributed by atoms with Crippen LogP contribution >= 0.6 is 15.9 Å². The smallest absolute Gasteiger partial charge is 0.227 e. The van der Waals surface area contributed by atoms with E-state index in [-0.39, 0.29) is 12.4 Å². The van der Waals surface area contributed by atoms with E-state index in [0.717, 1.165) is 11.1 Å². The summed E-state index contributed by atoms with van der Waals surface area (Å²) in [5.74, 6) is 1.19. The molecule has 2 heterocycles. The summed E-state index contributed by atoms with van der Waals surface area (Å²) in [4.78, 5) is 18.9. The first-order valence-electron chi connectivity index (χ1n) is 10.2. The molecule has 0 aliphatic heterocycles. The van der Waals surface area contributed by atoms with E-state index in [0.29, 0.717) is 41.6 Å². The van der Waals surface area contributed by atoms with Gasteiger partial charge in [-0.05, 0) is 42.5 Å². The van der Waals surface area contributed by atoms with Crippen LogP contribution in [0.4, 0.5) is 23.3 Å². The Balaban J connectivity index is 0.00000249. The molecule has 2 rings (SSSR count). The summed E-state index contributed by atoms with van der Waals surface area (Å²) in [6, 6.07) is 3.82. The third-order valence-corrected chi connectivity index (χ3v) is 4.78. The first-order chi connectivity index (χ1) is 15.5. The van der Waals surface area contributed by atoms with Gasteiger partial charge in [0.15, 0.2) is 11.6 Å². The molecule has 0 saturated heterocycles. The number of aliphatic hydroxyl groups is 1. The highest BCUT2D eigenvalue weighted by molar-refractivity contribution is 9.09. The summed E-state index contributed by atoms with van der Waals surface area (Å²) in [6.07, 6.45) is 9.12. The third-order valence-electron chi connectivity index (χ3n) is 4.17. The van der Waals surface area contributed by atoms with Crippen molar-refractivity contribution in [2.45, 2.75) is 27.3 Å². The van der Waals surface area contributed by atoms with E-state index in [1.807, 2.05) is 50.0 Å². The number of nitrogens with zero attached hydrogens (tertiary/aromatic N) is 5. The van der Waals surface area contributed by atoms with Crippen molar-refractivity contribution in [2.24, 2.45) is 4.99 Å². The van der Waals surface area contributed by atoms with Gasteiger partial charge in [0.2, 0.25) is 5.95 Å². The minimum Gasteiger partial charge on any atom is -0.392 e. The van der Waals surface area contributed by atoms with Crippen molar-refractivity contribution in [1.29, 1.82) is 0 Å². The molecule has 0 aromatic carbocycles. The number of pyridine rings is 1. The molecule has 4 N–H and O–H groups in total. The molecule has 8 nitrogen and oxygen atoms in total. The molecule has 0 aliphatic rings. The van der Waals surface area contributed by atoms with Gasteiger partial charge in [0.1, 0.15) is 5.69 Å². The number of aliphatic hydroxyl groups excluding tert-OH is 1. The number of anilines is 3. The van der Waals surface area contributed by atoms with Crippen LogP contribution in [0.25, 0.3) is 0 Å². The monoisotopic (exact) mass is 501 g/mol. The molecule has 0 amide bonds. The number of aliphatic imine (C=N–C) groups is 1. The van der Waals surface area contributed by atoms with Gasteiger partial charge in [-0.2, -0.15) is 9.97 Å². The van der Waals surface area contributed by atoms with E-state index in [1.165, 1.54) is 0 Å². The third kappa shape index (κ3) is 8.24. The summed E-state index contributed by atoms with van der Waals surface area (Å²) in [6.45, 7) is 14.3. The minimum absolute atomic E-state index is 0.0882. The Labute approximate surface area is 198 Å². The first-order valence-corrected chi connectivity index (χ1v) is 11.3. The molecule has 0 aliphatic carbocycles. The van der Waals surface area contributed by atoms with E-state index >= 15 is 0 Å². The molecule has 32 heavy (non-hydrogen) atoms. The largest absolute Gasteiger partial charge is 0.392 e. The fraction of sp³-hybridized carbons (Fsp3) is 0.304. The number of nitrogen functional groups attached to an aromatic ring is 1. The molecule has 0 radical (unpaired) electrons. The number of halogens is 1. The van der Waals surface area contributed by atoms with Gasteiger partial charge in [-0.3, -0.25) is 9.98 Å². The average Bonchev–Trinajstić information content (AvgIpc) is 2.84. The van der Waals surface area contributed by atoms with Gasteiger partial charge in [-0.25, -0.2) is 0 Å². The van der Waals surface area contributed by atoms with E-state index in [2.05, 4.69) is 54.5 Å². The van der Waals surface area contributed by atoms with Crippen LogP contribution in [0.15, 0.2) is 65.5 Å². The van der Waals surface area contributed by atoms with E-state index < -0.39 is 0 Å². The van der Waals surface area contributed by atoms with Gasteiger partial charge in [0.25, 0.3) is 0 Å². The van der Waals surface area contributed by atoms with Gasteiger partial charge in [-0.15, -0.1) is 0 Å². The lowest BCUT2D eigenvalue weighted by atomic mass is 10.2. The van der Waals surface area contributed by atoms with Crippen molar-refractivity contribution in [2.75, 3.05) is 34.6 Å². The number of nitrogens with one attached hydrogen (secondary N) is 1. The number of aromatic nitrogens is 3. The van der Waals surface area contributed by atoms with Crippen molar-refractivity contribution in [1.82, 2.24) is 15.0 Å². The molecule has 0 fully saturated rings. The van der Waals surface area contributed by atoms with Gasteiger partial charge < -0.3 is 21.1 Å². The van der Waals surface area contributed by atoms with E-state index in [4.69, 9.17) is 10.8 Å². The normalized spacial score (nSPS) is 11.0. The standard InChI is InChI=1S/C21H26BrN7O.C2H6/c1-4-16(6-5-15(2)13-30)12-29(14-22)20-18(24-3)19(23)27-21(28-20)26-11-17-7-9-25-10-8-17;1-2/h4-10,30H,2-3,11-14H2,1H3,(H3,23,26,27,28);1-2H3/b6-5-,16-4+;. The maximum Gasteiger partial charge on any atom is 0.227 e. The minimum atomic E-state index is -0.0882. The van der Waals surface area contributed by atoms with Crippen molar-refractivity contribution >= 4 is 45.9 Å². The van der Waals surface area contributed by atoms with Crippen LogP contribution < -0.4 is 16.0 Å². The number of allylic oxidation sites excluding steroid dienone is 1. The Morgan fingerprint density at radius 3 is 2.53 bits per heavy atom. The maximum atomic E-state index is 9.14. The Bertz CT molecular complexity index is 929. The summed E-state index contributed by atoms with van der Waals surface area (Å²) in [7, 11) is 0. The number of alkyl halides is 1. The van der Waals surface area contributed by atoms with Crippen LogP contribution in [-0.2, 0) is 6.54 Å². The predicted molar refractivity (Wildman–Crippen MR) is 139 cm³/mol. The summed E-state index contributed by atoms with van der Waals surface area (Å²) in [5, 5.41) is 12.3. The molecule has 9 heteroatoms. The fourth-order valence-corrected chi connectivity index (χ4v) is 2.92. The van der Waals surface area contributed by atoms with Crippen LogP contribution in [0.1, 0.15) is 26.3 Å². The lowest BCUT2D eigenvalue weighted by Gasteiger charge is -2.24. The molecular weight excluding hydrogens is 470 g/mol. The highest BCUT2D eigenvalue weighted by Crippen LogP contribution is 2.33. The number of hydrogen-bond acceptors (Lipinski definition) is 8. The second kappa shape index (κ2) is 14.9. The fourth-order valence-electron chi connectivity index (χ4n) is 2.50. The Morgan fingerprint density at radius 2 is 1.97 bits per heavy atom. The second-order valence-electron chi connectivity index (χ2n) is 6.30. The topological polar surface area (TPSA) is 113 Å². The zero-order valence-electron chi connectivity index (χ0n) is 18.9. The van der Waals surface area contributed by atoms with Crippen LogP contribution in [0.2, 0.25) is 0 Å². The number of nitrogens with two attached hydrogens (primary N) is 1. The van der Waals surface area contributed by atoms with Crippen LogP contribution in [0, 0.1) is 0 Å². The molecule has 0 bridgehead atoms. The molecular formula is C23H32BrN7O. The highest BCUT2D eigenvalue weighted by Gasteiger charge is 2.18. The van der Waals surface area contributed by atoms with E-state index in [1.54, 1.807) is 18.5 Å². The van der Waals surface area contributed by atoms with Crippen molar-refractivity contribution in [3.05, 3.63) is 66.0 Å². The Morgan fingerprint density at radius 1 is 1.28 bits per heavy atom. The molecule has 172 valence electrons. The highest BCUT2D eigenvalue weighted by atomic mass is 79.9. The average molecular weight is 502 g/mol. The molecule has 0 spiro atoms. The van der Waals surface area contributed by atoms with Crippen LogP contribution in [-0.4, -0.2) is 45.4 Å². The summed E-state index contributed by atoms with van der Waals surface area (Å²) < 4.78 is 0. The van der Waals surface area contributed by atoms with Crippen molar-refractivity contribution < 1.29 is 5.11 Å². The first kappa shape index (κ1) is 27.0. The quantitative estimate of drug-likeness (QED) is 0.178. The van der Waals surface area contributed by atoms with Gasteiger partial charge in [0, 0.05) is 25.5 Å². The summed E-state index contributed by atoms with van der Waals surface area (Å²) >= 11 is 3.52. The molecule has 0 unspecified atom stereocenters. The van der Waals surface area contributed by atoms with Crippen LogP contribution in [0.3, 0.4) is 0 Å². The lowest BCUT2D eigenvalue weighted by molar-refractivity contribution is 0.335. The molecule has 0 atom stereocenters. The Kier molecular flexibility index (Phi) is 12.5. The number of hydrogen-bond donors (Lipinski definition) is 3.